The van der Waals surface area contributed by atoms with Crippen LogP contribution < -0.4 is 20.4 Å². The number of hydrogen-bond donors (Lipinski definition) is 2. The molecule has 0 aliphatic carbocycles. The number of aryl methyl sites for hydroxylation is 1. The molecule has 0 spiro atoms. The average Bonchev–Trinajstić information content (AvgIpc) is 3.00. The quantitative estimate of drug-likeness (QED) is 0.450. The summed E-state index contributed by atoms with van der Waals surface area (Å²) >= 11 is 0. The predicted octanol–water partition coefficient (Wildman–Crippen LogP) is 3.41. The fourth-order valence-corrected chi connectivity index (χ4v) is 4.66. The first-order valence-electron chi connectivity index (χ1n) is 13.4. The van der Waals surface area contributed by atoms with Gasteiger partial charge in [-0.3, -0.25) is 4.79 Å². The molecular weight excluding hydrogens is 547 g/mol. The number of nitrogens with zero attached hydrogens (tertiary/aromatic N) is 4. The first-order valence-corrected chi connectivity index (χ1v) is 13.4. The molecule has 13 heteroatoms. The van der Waals surface area contributed by atoms with Crippen LogP contribution in [0.4, 0.5) is 32.1 Å². The first-order chi connectivity index (χ1) is 20.3. The van der Waals surface area contributed by atoms with Crippen molar-refractivity contribution in [2.24, 2.45) is 0 Å². The molecule has 3 heterocycles. The van der Waals surface area contributed by atoms with E-state index < -0.39 is 11.8 Å². The standard InChI is InChI=1S/C28H31FN6O4.CO2/c1-3-23-18(2)27(34-10-13-38-14-11-34)33-26(31-23)19-4-9-24(22(29)16-19)32-28(37)30-20-5-7-21(8-6-20)35-12-15-39-17-25(35)36;2-1-3/h4-9,16H,3,10-15,17H2,1-2H3,(H2,30,32,37);. The van der Waals surface area contributed by atoms with Crippen molar-refractivity contribution < 1.29 is 33.0 Å². The number of rotatable bonds is 6. The maximum Gasteiger partial charge on any atom is 0.373 e. The second kappa shape index (κ2) is 14.3. The van der Waals surface area contributed by atoms with Crippen molar-refractivity contribution in [3.05, 3.63) is 59.5 Å². The van der Waals surface area contributed by atoms with E-state index in [0.29, 0.717) is 43.4 Å². The smallest absolute Gasteiger partial charge is 0.373 e. The Bertz CT molecular complexity index is 1460. The van der Waals surface area contributed by atoms with Gasteiger partial charge in [0, 0.05) is 47.8 Å². The van der Waals surface area contributed by atoms with Gasteiger partial charge < -0.3 is 29.9 Å². The topological polar surface area (TPSA) is 143 Å². The lowest BCUT2D eigenvalue weighted by Gasteiger charge is -2.29. The largest absolute Gasteiger partial charge is 0.378 e. The minimum atomic E-state index is -0.598. The summed E-state index contributed by atoms with van der Waals surface area (Å²) in [5, 5.41) is 5.23. The molecule has 2 N–H and O–H groups in total. The summed E-state index contributed by atoms with van der Waals surface area (Å²) in [7, 11) is 0. The molecule has 0 bridgehead atoms. The third-order valence-corrected chi connectivity index (χ3v) is 6.76. The Labute approximate surface area is 241 Å². The molecule has 2 aliphatic heterocycles. The SMILES string of the molecule is CCc1nc(-c2ccc(NC(=O)Nc3ccc(N4CCOCC4=O)cc3)c(F)c2)nc(N2CCOCC2)c1C.O=C=O. The van der Waals surface area contributed by atoms with Crippen molar-refractivity contribution in [2.45, 2.75) is 20.3 Å². The Morgan fingerprint density at radius 2 is 1.69 bits per heavy atom. The fourth-order valence-electron chi connectivity index (χ4n) is 4.66. The number of ether oxygens (including phenoxy) is 2. The highest BCUT2D eigenvalue weighted by Gasteiger charge is 2.21. The summed E-state index contributed by atoms with van der Waals surface area (Å²) in [5.41, 5.74) is 3.71. The molecule has 2 saturated heterocycles. The number of nitrogens with one attached hydrogen (secondary N) is 2. The maximum atomic E-state index is 15.1. The molecular formula is C29H31FN6O6. The molecule has 220 valence electrons. The molecule has 1 aromatic heterocycles. The van der Waals surface area contributed by atoms with E-state index in [4.69, 9.17) is 24.0 Å². The van der Waals surface area contributed by atoms with E-state index in [-0.39, 0.29) is 24.4 Å². The van der Waals surface area contributed by atoms with Gasteiger partial charge in [-0.1, -0.05) is 6.92 Å². The van der Waals surface area contributed by atoms with Crippen molar-refractivity contribution in [2.75, 3.05) is 66.5 Å². The Balaban J connectivity index is 0.00000129. The summed E-state index contributed by atoms with van der Waals surface area (Å²) < 4.78 is 25.7. The first kappa shape index (κ1) is 30.3. The van der Waals surface area contributed by atoms with E-state index in [1.807, 2.05) is 13.8 Å². The summed E-state index contributed by atoms with van der Waals surface area (Å²) in [6, 6.07) is 10.8. The molecule has 2 aromatic carbocycles. The summed E-state index contributed by atoms with van der Waals surface area (Å²) in [4.78, 5) is 54.1. The van der Waals surface area contributed by atoms with E-state index in [2.05, 4.69) is 20.5 Å². The minimum Gasteiger partial charge on any atom is -0.378 e. The van der Waals surface area contributed by atoms with Crippen LogP contribution in [-0.4, -0.2) is 74.1 Å². The van der Waals surface area contributed by atoms with E-state index in [9.17, 15) is 9.59 Å². The number of halogens is 1. The monoisotopic (exact) mass is 578 g/mol. The van der Waals surface area contributed by atoms with Crippen LogP contribution in [0, 0.1) is 12.7 Å². The van der Waals surface area contributed by atoms with E-state index in [0.717, 1.165) is 42.3 Å². The van der Waals surface area contributed by atoms with Gasteiger partial charge in [-0.15, -0.1) is 0 Å². The lowest BCUT2D eigenvalue weighted by molar-refractivity contribution is -0.191. The van der Waals surface area contributed by atoms with Crippen molar-refractivity contribution in [1.29, 1.82) is 0 Å². The van der Waals surface area contributed by atoms with Gasteiger partial charge in [0.25, 0.3) is 5.91 Å². The van der Waals surface area contributed by atoms with Gasteiger partial charge >= 0.3 is 12.2 Å². The molecule has 0 radical (unpaired) electrons. The summed E-state index contributed by atoms with van der Waals surface area (Å²) in [6.45, 7) is 7.79. The highest BCUT2D eigenvalue weighted by atomic mass is 19.1. The number of amides is 3. The molecule has 3 amide bonds. The third kappa shape index (κ3) is 7.32. The van der Waals surface area contributed by atoms with Gasteiger partial charge in [-0.05, 0) is 55.8 Å². The normalized spacial score (nSPS) is 14.9. The van der Waals surface area contributed by atoms with Crippen LogP contribution in [0.1, 0.15) is 18.2 Å². The lowest BCUT2D eigenvalue weighted by Crippen LogP contribution is -2.41. The number of carbonyl (C=O) groups is 2. The van der Waals surface area contributed by atoms with E-state index >= 15 is 4.39 Å². The van der Waals surface area contributed by atoms with Crippen LogP contribution in [0.3, 0.4) is 0 Å². The Hall–Kier alpha value is -4.71. The second-order valence-corrected chi connectivity index (χ2v) is 9.40. The highest BCUT2D eigenvalue weighted by Crippen LogP contribution is 2.28. The third-order valence-electron chi connectivity index (χ3n) is 6.76. The molecule has 12 nitrogen and oxygen atoms in total. The van der Waals surface area contributed by atoms with Gasteiger partial charge in [-0.2, -0.15) is 9.59 Å². The number of morpholine rings is 2. The molecule has 5 rings (SSSR count). The molecule has 0 saturated carbocycles. The fraction of sp³-hybridized carbons (Fsp3) is 0.345. The molecule has 2 fully saturated rings. The van der Waals surface area contributed by atoms with Gasteiger partial charge in [-0.25, -0.2) is 19.2 Å². The zero-order valence-electron chi connectivity index (χ0n) is 23.3. The van der Waals surface area contributed by atoms with Gasteiger partial charge in [0.2, 0.25) is 0 Å². The number of benzene rings is 2. The Morgan fingerprint density at radius 1 is 1.00 bits per heavy atom. The minimum absolute atomic E-state index is 0.0306. The van der Waals surface area contributed by atoms with Crippen molar-refractivity contribution in [3.8, 4) is 11.4 Å². The van der Waals surface area contributed by atoms with Gasteiger partial charge in [0.05, 0.1) is 25.5 Å². The zero-order valence-corrected chi connectivity index (χ0v) is 23.3. The number of aromatic nitrogens is 2. The van der Waals surface area contributed by atoms with Crippen LogP contribution in [0.2, 0.25) is 0 Å². The van der Waals surface area contributed by atoms with E-state index in [1.165, 1.54) is 12.1 Å². The molecule has 0 unspecified atom stereocenters. The van der Waals surface area contributed by atoms with Crippen LogP contribution in [0.5, 0.6) is 0 Å². The van der Waals surface area contributed by atoms with Crippen LogP contribution in [0.25, 0.3) is 11.4 Å². The predicted molar refractivity (Wildman–Crippen MR) is 152 cm³/mol. The van der Waals surface area contributed by atoms with Crippen LogP contribution >= 0.6 is 0 Å². The molecule has 42 heavy (non-hydrogen) atoms. The van der Waals surface area contributed by atoms with Crippen molar-refractivity contribution >= 4 is 41.0 Å². The molecule has 0 atom stereocenters. The number of carbonyl (C=O) groups excluding carboxylic acids is 4. The number of hydrogen-bond acceptors (Lipinski definition) is 9. The molecule has 3 aromatic rings. The van der Waals surface area contributed by atoms with Crippen LogP contribution in [-0.2, 0) is 30.3 Å². The van der Waals surface area contributed by atoms with E-state index in [1.54, 1.807) is 35.2 Å². The number of urea groups is 1. The van der Waals surface area contributed by atoms with Crippen LogP contribution in [0.15, 0.2) is 42.5 Å². The second-order valence-electron chi connectivity index (χ2n) is 9.40. The van der Waals surface area contributed by atoms with Gasteiger partial charge in [0.15, 0.2) is 5.82 Å². The summed E-state index contributed by atoms with van der Waals surface area (Å²) in [5.74, 6) is 0.565. The van der Waals surface area contributed by atoms with Crippen molar-refractivity contribution in [3.63, 3.8) is 0 Å². The van der Waals surface area contributed by atoms with Crippen molar-refractivity contribution in [1.82, 2.24) is 9.97 Å². The highest BCUT2D eigenvalue weighted by molar-refractivity contribution is 6.00. The van der Waals surface area contributed by atoms with Gasteiger partial charge in [0.1, 0.15) is 18.2 Å². The molecule has 2 aliphatic rings. The summed E-state index contributed by atoms with van der Waals surface area (Å²) in [6.07, 6.45) is 0.977. The number of anilines is 4. The maximum absolute atomic E-state index is 15.1. The Morgan fingerprint density at radius 3 is 2.33 bits per heavy atom. The average molecular weight is 579 g/mol. The Kier molecular flexibility index (Phi) is 10.3. The lowest BCUT2D eigenvalue weighted by atomic mass is 10.1. The zero-order chi connectivity index (χ0) is 30.1.